The number of aryl methyl sites for hydroxylation is 1. The van der Waals surface area contributed by atoms with E-state index in [2.05, 4.69) is 15.3 Å². The van der Waals surface area contributed by atoms with Crippen molar-refractivity contribution < 1.29 is 9.18 Å². The molecule has 0 spiro atoms. The van der Waals surface area contributed by atoms with E-state index in [1.165, 1.54) is 23.5 Å². The Morgan fingerprint density at radius 3 is 2.83 bits per heavy atom. The average Bonchev–Trinajstić information content (AvgIpc) is 2.93. The number of amides is 1. The molecule has 4 nitrogen and oxygen atoms in total. The zero-order valence-corrected chi connectivity index (χ0v) is 13.6. The van der Waals surface area contributed by atoms with Crippen molar-refractivity contribution in [3.05, 3.63) is 64.0 Å². The van der Waals surface area contributed by atoms with Crippen LogP contribution in [0.1, 0.15) is 15.4 Å². The van der Waals surface area contributed by atoms with Gasteiger partial charge in [-0.2, -0.15) is 0 Å². The number of benzene rings is 1. The summed E-state index contributed by atoms with van der Waals surface area (Å²) in [6, 6.07) is 9.56. The van der Waals surface area contributed by atoms with Gasteiger partial charge in [-0.25, -0.2) is 9.37 Å². The lowest BCUT2D eigenvalue weighted by Gasteiger charge is -2.05. The van der Waals surface area contributed by atoms with Gasteiger partial charge in [-0.05, 0) is 37.3 Å². The topological polar surface area (TPSA) is 54.9 Å². The van der Waals surface area contributed by atoms with Crippen LogP contribution < -0.4 is 5.32 Å². The normalized spacial score (nSPS) is 10.6. The Kier molecular flexibility index (Phi) is 4.36. The number of carbonyl (C=O) groups is 1. The molecule has 0 fully saturated rings. The number of nitrogens with zero attached hydrogens (tertiary/aromatic N) is 2. The summed E-state index contributed by atoms with van der Waals surface area (Å²) in [7, 11) is 0. The number of pyridine rings is 1. The molecule has 2 heterocycles. The summed E-state index contributed by atoms with van der Waals surface area (Å²) < 4.78 is 13.8. The van der Waals surface area contributed by atoms with Crippen molar-refractivity contribution in [3.63, 3.8) is 0 Å². The molecule has 116 valence electrons. The summed E-state index contributed by atoms with van der Waals surface area (Å²) in [5.74, 6) is -0.999. The smallest absolute Gasteiger partial charge is 0.267 e. The lowest BCUT2D eigenvalue weighted by Crippen LogP contribution is -2.12. The number of nitrogens with one attached hydrogen (secondary N) is 1. The third-order valence-corrected chi connectivity index (χ3v) is 4.48. The van der Waals surface area contributed by atoms with E-state index in [1.807, 2.05) is 12.1 Å². The number of anilines is 1. The standard InChI is InChI=1S/C16H11ClFN3OS/c1-9-14(23-16(20-9)13-4-2-3-7-19-13)15(22)21-12-6-5-10(17)8-11(12)18/h2-8H,1H3,(H,21,22). The third-order valence-electron chi connectivity index (χ3n) is 3.07. The first-order valence-corrected chi connectivity index (χ1v) is 7.89. The molecule has 3 aromatic rings. The molecule has 7 heteroatoms. The molecule has 0 saturated carbocycles. The second-order valence-electron chi connectivity index (χ2n) is 4.73. The van der Waals surface area contributed by atoms with Crippen LogP contribution in [0.5, 0.6) is 0 Å². The molecule has 3 rings (SSSR count). The fraction of sp³-hybridized carbons (Fsp3) is 0.0625. The van der Waals surface area contributed by atoms with Crippen LogP contribution in [0.4, 0.5) is 10.1 Å². The predicted octanol–water partition coefficient (Wildman–Crippen LogP) is 4.56. The molecule has 0 aliphatic rings. The van der Waals surface area contributed by atoms with Gasteiger partial charge in [-0.3, -0.25) is 9.78 Å². The lowest BCUT2D eigenvalue weighted by atomic mass is 10.3. The zero-order valence-electron chi connectivity index (χ0n) is 12.0. The second-order valence-corrected chi connectivity index (χ2v) is 6.16. The number of halogens is 2. The van der Waals surface area contributed by atoms with E-state index < -0.39 is 11.7 Å². The van der Waals surface area contributed by atoms with E-state index in [9.17, 15) is 9.18 Å². The summed E-state index contributed by atoms with van der Waals surface area (Å²) in [4.78, 5) is 21.3. The van der Waals surface area contributed by atoms with Gasteiger partial charge in [0.25, 0.3) is 5.91 Å². The minimum absolute atomic E-state index is 0.0755. The van der Waals surface area contributed by atoms with Gasteiger partial charge in [-0.1, -0.05) is 17.7 Å². The molecule has 23 heavy (non-hydrogen) atoms. The number of hydrogen-bond donors (Lipinski definition) is 1. The molecule has 1 N–H and O–H groups in total. The van der Waals surface area contributed by atoms with Gasteiger partial charge >= 0.3 is 0 Å². The number of carbonyl (C=O) groups excluding carboxylic acids is 1. The van der Waals surface area contributed by atoms with Gasteiger partial charge in [0, 0.05) is 11.2 Å². The average molecular weight is 348 g/mol. The van der Waals surface area contributed by atoms with E-state index in [0.29, 0.717) is 21.3 Å². The minimum Gasteiger partial charge on any atom is -0.319 e. The summed E-state index contributed by atoms with van der Waals surface area (Å²) >= 11 is 6.91. The Morgan fingerprint density at radius 2 is 2.13 bits per heavy atom. The van der Waals surface area contributed by atoms with Crippen molar-refractivity contribution in [1.82, 2.24) is 9.97 Å². The molecular formula is C16H11ClFN3OS. The van der Waals surface area contributed by atoms with Crippen LogP contribution in [0.25, 0.3) is 10.7 Å². The van der Waals surface area contributed by atoms with Crippen LogP contribution in [0.15, 0.2) is 42.6 Å². The fourth-order valence-electron chi connectivity index (χ4n) is 1.98. The maximum Gasteiger partial charge on any atom is 0.267 e. The summed E-state index contributed by atoms with van der Waals surface area (Å²) in [6.45, 7) is 1.73. The Bertz CT molecular complexity index is 867. The number of rotatable bonds is 3. The van der Waals surface area contributed by atoms with Crippen LogP contribution in [-0.2, 0) is 0 Å². The molecule has 1 amide bonds. The van der Waals surface area contributed by atoms with Gasteiger partial charge in [0.1, 0.15) is 15.7 Å². The molecule has 2 aromatic heterocycles. The van der Waals surface area contributed by atoms with Crippen molar-refractivity contribution in [2.24, 2.45) is 0 Å². The minimum atomic E-state index is -0.585. The molecule has 0 unspecified atom stereocenters. The highest BCUT2D eigenvalue weighted by Crippen LogP contribution is 2.27. The largest absolute Gasteiger partial charge is 0.319 e. The maximum absolute atomic E-state index is 13.8. The van der Waals surface area contributed by atoms with E-state index in [-0.39, 0.29) is 10.7 Å². The molecule has 0 saturated heterocycles. The third kappa shape index (κ3) is 3.38. The second kappa shape index (κ2) is 6.44. The van der Waals surface area contributed by atoms with Crippen LogP contribution in [0, 0.1) is 12.7 Å². The van der Waals surface area contributed by atoms with Crippen LogP contribution >= 0.6 is 22.9 Å². The van der Waals surface area contributed by atoms with Crippen molar-refractivity contribution >= 4 is 34.5 Å². The SMILES string of the molecule is Cc1nc(-c2ccccn2)sc1C(=O)Nc1ccc(Cl)cc1F. The van der Waals surface area contributed by atoms with E-state index in [4.69, 9.17) is 11.6 Å². The summed E-state index contributed by atoms with van der Waals surface area (Å²) in [5.41, 5.74) is 1.34. The van der Waals surface area contributed by atoms with Gasteiger partial charge in [0.2, 0.25) is 0 Å². The van der Waals surface area contributed by atoms with Crippen molar-refractivity contribution in [1.29, 1.82) is 0 Å². The first kappa shape index (κ1) is 15.6. The number of hydrogen-bond acceptors (Lipinski definition) is 4. The molecule has 0 radical (unpaired) electrons. The van der Waals surface area contributed by atoms with E-state index in [0.717, 1.165) is 6.07 Å². The maximum atomic E-state index is 13.8. The Balaban J connectivity index is 1.87. The van der Waals surface area contributed by atoms with Gasteiger partial charge in [0.15, 0.2) is 0 Å². The first-order valence-electron chi connectivity index (χ1n) is 6.70. The highest BCUT2D eigenvalue weighted by atomic mass is 35.5. The van der Waals surface area contributed by atoms with Gasteiger partial charge in [0.05, 0.1) is 17.1 Å². The van der Waals surface area contributed by atoms with Crippen molar-refractivity contribution in [2.45, 2.75) is 6.92 Å². The first-order chi connectivity index (χ1) is 11.0. The van der Waals surface area contributed by atoms with Gasteiger partial charge in [-0.15, -0.1) is 11.3 Å². The quantitative estimate of drug-likeness (QED) is 0.755. The van der Waals surface area contributed by atoms with E-state index >= 15 is 0 Å². The van der Waals surface area contributed by atoms with Gasteiger partial charge < -0.3 is 5.32 Å². The number of aromatic nitrogens is 2. The van der Waals surface area contributed by atoms with Crippen LogP contribution in [0.2, 0.25) is 5.02 Å². The van der Waals surface area contributed by atoms with Crippen LogP contribution in [-0.4, -0.2) is 15.9 Å². The number of thiazole rings is 1. The molecule has 0 atom stereocenters. The zero-order chi connectivity index (χ0) is 16.4. The van der Waals surface area contributed by atoms with Crippen LogP contribution in [0.3, 0.4) is 0 Å². The van der Waals surface area contributed by atoms with E-state index in [1.54, 1.807) is 19.2 Å². The fourth-order valence-corrected chi connectivity index (χ4v) is 3.07. The van der Waals surface area contributed by atoms with Crippen molar-refractivity contribution in [2.75, 3.05) is 5.32 Å². The molecule has 0 aliphatic carbocycles. The molecule has 0 aliphatic heterocycles. The summed E-state index contributed by atoms with van der Waals surface area (Å²) in [5, 5.41) is 3.45. The Hall–Kier alpha value is -2.31. The Labute approximate surface area is 141 Å². The predicted molar refractivity (Wildman–Crippen MR) is 89.4 cm³/mol. The molecular weight excluding hydrogens is 337 g/mol. The summed E-state index contributed by atoms with van der Waals surface area (Å²) in [6.07, 6.45) is 1.66. The highest BCUT2D eigenvalue weighted by Gasteiger charge is 2.18. The van der Waals surface area contributed by atoms with Crippen molar-refractivity contribution in [3.8, 4) is 10.7 Å². The molecule has 0 bridgehead atoms. The molecule has 1 aromatic carbocycles. The Morgan fingerprint density at radius 1 is 1.30 bits per heavy atom. The monoisotopic (exact) mass is 347 g/mol. The lowest BCUT2D eigenvalue weighted by molar-refractivity contribution is 0.102. The highest BCUT2D eigenvalue weighted by molar-refractivity contribution is 7.17.